The molecule has 0 fully saturated rings. The zero-order valence-corrected chi connectivity index (χ0v) is 18.2. The van der Waals surface area contributed by atoms with Crippen LogP contribution >= 0.6 is 0 Å². The van der Waals surface area contributed by atoms with Gasteiger partial charge in [-0.15, -0.1) is 0 Å². The van der Waals surface area contributed by atoms with Crippen molar-refractivity contribution in [2.45, 2.75) is 19.5 Å². The van der Waals surface area contributed by atoms with Gasteiger partial charge in [-0.2, -0.15) is 0 Å². The van der Waals surface area contributed by atoms with Crippen LogP contribution in [0.5, 0.6) is 5.75 Å². The summed E-state index contributed by atoms with van der Waals surface area (Å²) in [5.74, 6) is -0.987. The Bertz CT molecular complexity index is 1100. The van der Waals surface area contributed by atoms with Crippen molar-refractivity contribution in [3.8, 4) is 5.75 Å². The third-order valence-corrected chi connectivity index (χ3v) is 5.32. The van der Waals surface area contributed by atoms with Crippen LogP contribution in [0.25, 0.3) is 0 Å². The Morgan fingerprint density at radius 2 is 1.76 bits per heavy atom. The molecule has 7 heteroatoms. The van der Waals surface area contributed by atoms with Crippen LogP contribution in [0.1, 0.15) is 32.6 Å². The highest BCUT2D eigenvalue weighted by Gasteiger charge is 2.13. The molecule has 5 nitrogen and oxygen atoms in total. The lowest BCUT2D eigenvalue weighted by Crippen LogP contribution is -2.23. The molecule has 1 amide bonds. The van der Waals surface area contributed by atoms with E-state index in [1.807, 2.05) is 12.1 Å². The maximum absolute atomic E-state index is 13.4. The summed E-state index contributed by atoms with van der Waals surface area (Å²) in [6.07, 6.45) is 0.597. The number of amides is 1. The summed E-state index contributed by atoms with van der Waals surface area (Å²) in [7, 11) is 0. The molecular weight excluding hydrogens is 426 g/mol. The molecule has 0 atom stereocenters. The average Bonchev–Trinajstić information content (AvgIpc) is 2.79. The quantitative estimate of drug-likeness (QED) is 0.631. The fourth-order valence-corrected chi connectivity index (χ4v) is 3.76. The van der Waals surface area contributed by atoms with Crippen LogP contribution in [0.15, 0.2) is 60.7 Å². The Kier molecular flexibility index (Phi) is 7.65. The summed E-state index contributed by atoms with van der Waals surface area (Å²) in [4.78, 5) is 12.7. The highest BCUT2D eigenvalue weighted by atomic mass is 19.1. The molecular formula is C26H26F2N2O3. The van der Waals surface area contributed by atoms with E-state index in [1.54, 1.807) is 18.2 Å². The van der Waals surface area contributed by atoms with E-state index in [-0.39, 0.29) is 12.5 Å². The van der Waals surface area contributed by atoms with Gasteiger partial charge in [-0.1, -0.05) is 24.3 Å². The van der Waals surface area contributed by atoms with Crippen molar-refractivity contribution in [3.05, 3.63) is 100 Å². The number of nitrogens with one attached hydrogen (secondary N) is 2. The first kappa shape index (κ1) is 22.9. The van der Waals surface area contributed by atoms with Gasteiger partial charge in [0, 0.05) is 37.7 Å². The number of halogens is 2. The zero-order valence-electron chi connectivity index (χ0n) is 18.2. The Morgan fingerprint density at radius 3 is 2.61 bits per heavy atom. The Balaban J connectivity index is 1.54. The summed E-state index contributed by atoms with van der Waals surface area (Å²) in [6.45, 7) is 3.02. The summed E-state index contributed by atoms with van der Waals surface area (Å²) < 4.78 is 38.3. The topological polar surface area (TPSA) is 59.6 Å². The number of hydrogen-bond donors (Lipinski definition) is 2. The third-order valence-electron chi connectivity index (χ3n) is 5.32. The third kappa shape index (κ3) is 6.60. The van der Waals surface area contributed by atoms with Crippen molar-refractivity contribution < 1.29 is 23.0 Å². The Labute approximate surface area is 191 Å². The Hall–Kier alpha value is -3.29. The number of hydrogen-bond acceptors (Lipinski definition) is 4. The van der Waals surface area contributed by atoms with E-state index in [0.717, 1.165) is 30.3 Å². The van der Waals surface area contributed by atoms with Gasteiger partial charge in [0.25, 0.3) is 5.91 Å². The molecule has 0 unspecified atom stereocenters. The molecule has 1 heterocycles. The number of ether oxygens (including phenoxy) is 2. The molecule has 0 aromatic heterocycles. The van der Waals surface area contributed by atoms with Gasteiger partial charge in [0.05, 0.1) is 13.2 Å². The van der Waals surface area contributed by atoms with Crippen LogP contribution in [0.4, 0.5) is 8.78 Å². The number of benzene rings is 3. The van der Waals surface area contributed by atoms with E-state index in [2.05, 4.69) is 22.8 Å². The molecule has 0 spiro atoms. The van der Waals surface area contributed by atoms with E-state index >= 15 is 0 Å². The fraction of sp³-hybridized carbons (Fsp3) is 0.269. The van der Waals surface area contributed by atoms with Crippen LogP contribution in [0.2, 0.25) is 0 Å². The van der Waals surface area contributed by atoms with Gasteiger partial charge in [-0.25, -0.2) is 8.78 Å². The minimum atomic E-state index is -0.677. The smallest absolute Gasteiger partial charge is 0.251 e. The van der Waals surface area contributed by atoms with Crippen molar-refractivity contribution in [1.29, 1.82) is 0 Å². The van der Waals surface area contributed by atoms with Gasteiger partial charge in [-0.3, -0.25) is 4.79 Å². The maximum atomic E-state index is 13.4. The number of rotatable bonds is 3. The molecule has 1 aliphatic heterocycles. The van der Waals surface area contributed by atoms with Crippen LogP contribution < -0.4 is 15.4 Å². The first-order valence-corrected chi connectivity index (χ1v) is 10.9. The minimum absolute atomic E-state index is 0.0213. The lowest BCUT2D eigenvalue weighted by molar-refractivity contribution is 0.0949. The molecule has 0 saturated heterocycles. The molecule has 4 rings (SSSR count). The summed E-state index contributed by atoms with van der Waals surface area (Å²) >= 11 is 0. The first-order chi connectivity index (χ1) is 16.1. The van der Waals surface area contributed by atoms with Gasteiger partial charge >= 0.3 is 0 Å². The van der Waals surface area contributed by atoms with Gasteiger partial charge < -0.3 is 20.1 Å². The lowest BCUT2D eigenvalue weighted by atomic mass is 9.99. The van der Waals surface area contributed by atoms with Crippen molar-refractivity contribution in [2.24, 2.45) is 0 Å². The second-order valence-corrected chi connectivity index (χ2v) is 7.92. The normalized spacial score (nSPS) is 14.5. The van der Waals surface area contributed by atoms with Gasteiger partial charge in [0.15, 0.2) is 0 Å². The molecule has 33 heavy (non-hydrogen) atoms. The summed E-state index contributed by atoms with van der Waals surface area (Å²) in [5.41, 5.74) is 3.96. The van der Waals surface area contributed by atoms with Gasteiger partial charge in [0.2, 0.25) is 0 Å². The van der Waals surface area contributed by atoms with Crippen LogP contribution in [0, 0.1) is 11.6 Å². The Morgan fingerprint density at radius 1 is 0.939 bits per heavy atom. The van der Waals surface area contributed by atoms with Gasteiger partial charge in [-0.05, 0) is 52.6 Å². The monoisotopic (exact) mass is 452 g/mol. The van der Waals surface area contributed by atoms with Crippen molar-refractivity contribution in [1.82, 2.24) is 10.6 Å². The molecule has 2 bridgehead atoms. The van der Waals surface area contributed by atoms with Crippen molar-refractivity contribution >= 4 is 5.91 Å². The highest BCUT2D eigenvalue weighted by molar-refractivity contribution is 5.94. The molecule has 3 aromatic carbocycles. The van der Waals surface area contributed by atoms with Crippen molar-refractivity contribution in [2.75, 3.05) is 26.4 Å². The van der Waals surface area contributed by atoms with E-state index in [1.165, 1.54) is 17.7 Å². The summed E-state index contributed by atoms with van der Waals surface area (Å²) in [5, 5.41) is 6.08. The molecule has 3 aromatic rings. The average molecular weight is 453 g/mol. The zero-order chi connectivity index (χ0) is 23.0. The largest absolute Gasteiger partial charge is 0.491 e. The van der Waals surface area contributed by atoms with Gasteiger partial charge in [0.1, 0.15) is 24.0 Å². The molecule has 0 aliphatic carbocycles. The van der Waals surface area contributed by atoms with E-state index in [9.17, 15) is 13.6 Å². The standard InChI is InChI=1S/C26H26F2N2O3/c27-23-12-20(13-24(28)15-23)17-30-26(31)21-4-5-25-22(14-21)11-18-2-1-3-19(10-18)16-29-6-7-32-8-9-33-25/h1-5,10,12-15,29H,6-9,11,16-17H2,(H,30,31). The fourth-order valence-electron chi connectivity index (χ4n) is 3.76. The second kappa shape index (κ2) is 11.0. The second-order valence-electron chi connectivity index (χ2n) is 7.92. The number of fused-ring (bicyclic) bond motifs is 3. The molecule has 0 saturated carbocycles. The number of carbonyl (C=O) groups excluding carboxylic acids is 1. The predicted octanol–water partition coefficient (Wildman–Crippen LogP) is 3.98. The molecule has 2 N–H and O–H groups in total. The molecule has 1 aliphatic rings. The van der Waals surface area contributed by atoms with Crippen LogP contribution in [-0.2, 0) is 24.2 Å². The molecule has 0 radical (unpaired) electrons. The maximum Gasteiger partial charge on any atom is 0.251 e. The highest BCUT2D eigenvalue weighted by Crippen LogP contribution is 2.24. The summed E-state index contributed by atoms with van der Waals surface area (Å²) in [6, 6.07) is 16.7. The van der Waals surface area contributed by atoms with Crippen LogP contribution in [0.3, 0.4) is 0 Å². The SMILES string of the molecule is O=C(NCc1cc(F)cc(F)c1)c1ccc2c(c1)Cc1cccc(c1)CNCCOCCO2. The van der Waals surface area contributed by atoms with E-state index in [4.69, 9.17) is 9.47 Å². The van der Waals surface area contributed by atoms with E-state index < -0.39 is 11.6 Å². The van der Waals surface area contributed by atoms with Crippen LogP contribution in [-0.4, -0.2) is 32.3 Å². The minimum Gasteiger partial charge on any atom is -0.491 e. The first-order valence-electron chi connectivity index (χ1n) is 10.9. The lowest BCUT2D eigenvalue weighted by Gasteiger charge is -2.15. The van der Waals surface area contributed by atoms with E-state index in [0.29, 0.717) is 43.1 Å². The molecule has 172 valence electrons. The number of carbonyl (C=O) groups is 1. The predicted molar refractivity (Wildman–Crippen MR) is 121 cm³/mol. The van der Waals surface area contributed by atoms with Crippen molar-refractivity contribution in [3.63, 3.8) is 0 Å².